The number of amides is 2. The molecule has 0 saturated carbocycles. The Labute approximate surface area is 115 Å². The van der Waals surface area contributed by atoms with E-state index < -0.39 is 5.97 Å². The van der Waals surface area contributed by atoms with Crippen LogP contribution in [0, 0.1) is 0 Å². The van der Waals surface area contributed by atoms with Crippen molar-refractivity contribution in [2.75, 3.05) is 39.8 Å². The van der Waals surface area contributed by atoms with Crippen LogP contribution in [0.25, 0.3) is 0 Å². The van der Waals surface area contributed by atoms with Crippen LogP contribution < -0.4 is 0 Å². The molecule has 1 rings (SSSR count). The molecule has 0 aliphatic carbocycles. The van der Waals surface area contributed by atoms with Crippen molar-refractivity contribution in [1.29, 1.82) is 0 Å². The Morgan fingerprint density at radius 3 is 2.53 bits per heavy atom. The maximum absolute atomic E-state index is 12.4. The second-order valence-electron chi connectivity index (χ2n) is 5.09. The van der Waals surface area contributed by atoms with E-state index in [2.05, 4.69) is 18.9 Å². The second kappa shape index (κ2) is 7.33. The molecule has 1 heterocycles. The fourth-order valence-electron chi connectivity index (χ4n) is 2.44. The van der Waals surface area contributed by atoms with Crippen LogP contribution in [0.5, 0.6) is 0 Å². The third kappa shape index (κ3) is 4.38. The molecule has 1 atom stereocenters. The third-order valence-corrected chi connectivity index (χ3v) is 3.61. The highest BCUT2D eigenvalue weighted by molar-refractivity contribution is 5.80. The predicted molar refractivity (Wildman–Crippen MR) is 73.2 cm³/mol. The van der Waals surface area contributed by atoms with Crippen molar-refractivity contribution in [3.8, 4) is 0 Å². The molecule has 1 N–H and O–H groups in total. The van der Waals surface area contributed by atoms with E-state index in [9.17, 15) is 9.59 Å². The molecule has 1 aliphatic rings. The van der Waals surface area contributed by atoms with Gasteiger partial charge in [0, 0.05) is 32.2 Å². The first-order chi connectivity index (χ1) is 8.99. The SMILES string of the molecule is CCCN(CC(=O)O)C(=O)N1CCN(C)C(CC)C1. The molecular formula is C13H25N3O3. The number of hydrogen-bond acceptors (Lipinski definition) is 3. The lowest BCUT2D eigenvalue weighted by Crippen LogP contribution is -2.56. The van der Waals surface area contributed by atoms with Gasteiger partial charge in [-0.3, -0.25) is 9.69 Å². The first-order valence-corrected chi connectivity index (χ1v) is 6.95. The van der Waals surface area contributed by atoms with Crippen molar-refractivity contribution in [2.45, 2.75) is 32.7 Å². The van der Waals surface area contributed by atoms with Crippen LogP contribution in [0.3, 0.4) is 0 Å². The number of carboxylic acids is 1. The van der Waals surface area contributed by atoms with E-state index in [1.807, 2.05) is 6.92 Å². The summed E-state index contributed by atoms with van der Waals surface area (Å²) in [6, 6.07) is 0.224. The van der Waals surface area contributed by atoms with Crippen LogP contribution in [0.4, 0.5) is 4.79 Å². The lowest BCUT2D eigenvalue weighted by atomic mass is 10.1. The van der Waals surface area contributed by atoms with Gasteiger partial charge in [-0.05, 0) is 19.9 Å². The smallest absolute Gasteiger partial charge is 0.323 e. The minimum Gasteiger partial charge on any atom is -0.480 e. The molecule has 1 unspecified atom stereocenters. The molecule has 6 nitrogen and oxygen atoms in total. The van der Waals surface area contributed by atoms with Crippen LogP contribution >= 0.6 is 0 Å². The molecule has 1 aliphatic heterocycles. The Hall–Kier alpha value is -1.30. The van der Waals surface area contributed by atoms with Crippen molar-refractivity contribution in [3.05, 3.63) is 0 Å². The lowest BCUT2D eigenvalue weighted by molar-refractivity contribution is -0.137. The Bertz CT molecular complexity index is 322. The molecule has 0 radical (unpaired) electrons. The Kier molecular flexibility index (Phi) is 6.08. The Morgan fingerprint density at radius 1 is 1.32 bits per heavy atom. The number of piperazine rings is 1. The molecule has 19 heavy (non-hydrogen) atoms. The van der Waals surface area contributed by atoms with Crippen molar-refractivity contribution < 1.29 is 14.7 Å². The summed E-state index contributed by atoms with van der Waals surface area (Å²) in [4.78, 5) is 28.7. The van der Waals surface area contributed by atoms with Gasteiger partial charge in [0.15, 0.2) is 0 Å². The first-order valence-electron chi connectivity index (χ1n) is 6.95. The minimum atomic E-state index is -0.956. The van der Waals surface area contributed by atoms with E-state index in [0.29, 0.717) is 25.7 Å². The summed E-state index contributed by atoms with van der Waals surface area (Å²) in [7, 11) is 2.07. The van der Waals surface area contributed by atoms with Crippen molar-refractivity contribution >= 4 is 12.0 Å². The highest BCUT2D eigenvalue weighted by Crippen LogP contribution is 2.12. The average molecular weight is 271 g/mol. The van der Waals surface area contributed by atoms with Crippen LogP contribution in [0.1, 0.15) is 26.7 Å². The number of carboxylic acid groups (broad SMARTS) is 1. The number of carbonyl (C=O) groups is 2. The van der Waals surface area contributed by atoms with Crippen LogP contribution in [-0.4, -0.2) is 77.6 Å². The summed E-state index contributed by atoms with van der Waals surface area (Å²) < 4.78 is 0. The molecule has 1 fully saturated rings. The summed E-state index contributed by atoms with van der Waals surface area (Å²) in [6.07, 6.45) is 1.76. The van der Waals surface area contributed by atoms with Crippen LogP contribution in [0.15, 0.2) is 0 Å². The number of carbonyl (C=O) groups excluding carboxylic acids is 1. The fourth-order valence-corrected chi connectivity index (χ4v) is 2.44. The topological polar surface area (TPSA) is 64.1 Å². The predicted octanol–water partition coefficient (Wildman–Crippen LogP) is 0.929. The summed E-state index contributed by atoms with van der Waals surface area (Å²) in [5, 5.41) is 8.88. The van der Waals surface area contributed by atoms with E-state index in [1.54, 1.807) is 4.90 Å². The normalized spacial score (nSPS) is 20.4. The third-order valence-electron chi connectivity index (χ3n) is 3.61. The van der Waals surface area contributed by atoms with Gasteiger partial charge in [0.25, 0.3) is 0 Å². The summed E-state index contributed by atoms with van der Waals surface area (Å²) >= 11 is 0. The molecule has 0 aromatic heterocycles. The van der Waals surface area contributed by atoms with E-state index in [4.69, 9.17) is 5.11 Å². The maximum atomic E-state index is 12.4. The van der Waals surface area contributed by atoms with Crippen LogP contribution in [0.2, 0.25) is 0 Å². The zero-order chi connectivity index (χ0) is 14.4. The van der Waals surface area contributed by atoms with E-state index in [-0.39, 0.29) is 12.6 Å². The molecule has 2 amide bonds. The number of hydrogen-bond donors (Lipinski definition) is 1. The molecule has 110 valence electrons. The number of urea groups is 1. The number of nitrogens with zero attached hydrogens (tertiary/aromatic N) is 3. The van der Waals surface area contributed by atoms with E-state index in [1.165, 1.54) is 4.90 Å². The van der Waals surface area contributed by atoms with Crippen LogP contribution in [-0.2, 0) is 4.79 Å². The highest BCUT2D eigenvalue weighted by atomic mass is 16.4. The van der Waals surface area contributed by atoms with Gasteiger partial charge in [-0.2, -0.15) is 0 Å². The minimum absolute atomic E-state index is 0.143. The van der Waals surface area contributed by atoms with Gasteiger partial charge in [0.2, 0.25) is 0 Å². The zero-order valence-corrected chi connectivity index (χ0v) is 12.1. The Morgan fingerprint density at radius 2 is 2.00 bits per heavy atom. The van der Waals surface area contributed by atoms with Crippen molar-refractivity contribution in [2.24, 2.45) is 0 Å². The first kappa shape index (κ1) is 15.8. The zero-order valence-electron chi connectivity index (χ0n) is 12.1. The fraction of sp³-hybridized carbons (Fsp3) is 0.846. The van der Waals surface area contributed by atoms with Crippen molar-refractivity contribution in [1.82, 2.24) is 14.7 Å². The lowest BCUT2D eigenvalue weighted by Gasteiger charge is -2.40. The molecule has 0 aromatic carbocycles. The molecule has 0 aromatic rings. The average Bonchev–Trinajstić information content (AvgIpc) is 2.37. The van der Waals surface area contributed by atoms with E-state index >= 15 is 0 Å². The maximum Gasteiger partial charge on any atom is 0.323 e. The quantitative estimate of drug-likeness (QED) is 0.808. The number of aliphatic carboxylic acids is 1. The monoisotopic (exact) mass is 271 g/mol. The van der Waals surface area contributed by atoms with Gasteiger partial charge in [-0.1, -0.05) is 13.8 Å². The summed E-state index contributed by atoms with van der Waals surface area (Å²) in [6.45, 7) is 6.54. The van der Waals surface area contributed by atoms with Crippen molar-refractivity contribution in [3.63, 3.8) is 0 Å². The van der Waals surface area contributed by atoms with E-state index in [0.717, 1.165) is 19.4 Å². The highest BCUT2D eigenvalue weighted by Gasteiger charge is 2.29. The number of rotatable bonds is 5. The molecule has 6 heteroatoms. The Balaban J connectivity index is 2.65. The summed E-state index contributed by atoms with van der Waals surface area (Å²) in [5.74, 6) is -0.956. The largest absolute Gasteiger partial charge is 0.480 e. The number of likely N-dealkylation sites (N-methyl/N-ethyl adjacent to an activating group) is 1. The second-order valence-corrected chi connectivity index (χ2v) is 5.09. The van der Waals surface area contributed by atoms with Gasteiger partial charge >= 0.3 is 12.0 Å². The van der Waals surface area contributed by atoms with Gasteiger partial charge in [-0.25, -0.2) is 4.79 Å². The molecular weight excluding hydrogens is 246 g/mol. The standard InChI is InChI=1S/C13H25N3O3/c1-4-6-15(10-12(17)18)13(19)16-8-7-14(3)11(5-2)9-16/h11H,4-10H2,1-3H3,(H,17,18). The van der Waals surface area contributed by atoms with Gasteiger partial charge in [-0.15, -0.1) is 0 Å². The van der Waals surface area contributed by atoms with Gasteiger partial charge in [0.1, 0.15) is 6.54 Å². The molecule has 0 bridgehead atoms. The molecule has 0 spiro atoms. The van der Waals surface area contributed by atoms with Gasteiger partial charge < -0.3 is 14.9 Å². The summed E-state index contributed by atoms with van der Waals surface area (Å²) in [5.41, 5.74) is 0. The molecule has 1 saturated heterocycles. The van der Waals surface area contributed by atoms with Gasteiger partial charge in [0.05, 0.1) is 0 Å².